The van der Waals surface area contributed by atoms with Gasteiger partial charge in [0.25, 0.3) is 10.0 Å². The van der Waals surface area contributed by atoms with Gasteiger partial charge in [-0.15, -0.1) is 0 Å². The van der Waals surface area contributed by atoms with Crippen molar-refractivity contribution in [2.24, 2.45) is 11.8 Å². The molecule has 1 aliphatic carbocycles. The van der Waals surface area contributed by atoms with Crippen LogP contribution in [0.3, 0.4) is 0 Å². The summed E-state index contributed by atoms with van der Waals surface area (Å²) >= 11 is 0. The van der Waals surface area contributed by atoms with Gasteiger partial charge in [-0.1, -0.05) is 23.8 Å². The number of amides is 3. The summed E-state index contributed by atoms with van der Waals surface area (Å²) < 4.78 is 69.0. The number of benzene rings is 2. The van der Waals surface area contributed by atoms with Gasteiger partial charge in [0.05, 0.1) is 16.1 Å². The van der Waals surface area contributed by atoms with Crippen molar-refractivity contribution in [1.82, 2.24) is 15.5 Å². The third-order valence-corrected chi connectivity index (χ3v) is 9.14. The summed E-state index contributed by atoms with van der Waals surface area (Å²) in [5.74, 6) is 0.00495. The Hall–Kier alpha value is -3.28. The SMILES string of the molecule is Cc1ccc(S(=O)(=O)N(CC(=O)N2CCCC(CNC(=O)NCC3CC3)C2)c2cc(C(F)(F)F)ccc2C)cc1. The summed E-state index contributed by atoms with van der Waals surface area (Å²) in [5, 5.41) is 5.67. The monoisotopic (exact) mass is 580 g/mol. The number of anilines is 1. The molecule has 0 radical (unpaired) electrons. The molecular weight excluding hydrogens is 545 g/mol. The number of hydrogen-bond donors (Lipinski definition) is 2. The van der Waals surface area contributed by atoms with Crippen LogP contribution in [0.15, 0.2) is 47.4 Å². The first-order valence-corrected chi connectivity index (χ1v) is 14.9. The number of urea groups is 1. The van der Waals surface area contributed by atoms with Gasteiger partial charge >= 0.3 is 12.2 Å². The highest BCUT2D eigenvalue weighted by molar-refractivity contribution is 7.92. The zero-order chi connectivity index (χ0) is 29.1. The highest BCUT2D eigenvalue weighted by Crippen LogP contribution is 2.35. The zero-order valence-corrected chi connectivity index (χ0v) is 23.4. The number of piperidine rings is 1. The van der Waals surface area contributed by atoms with Crippen molar-refractivity contribution in [1.29, 1.82) is 0 Å². The van der Waals surface area contributed by atoms with Gasteiger partial charge < -0.3 is 15.5 Å². The minimum absolute atomic E-state index is 0.0261. The predicted octanol–water partition coefficient (Wildman–Crippen LogP) is 4.47. The lowest BCUT2D eigenvalue weighted by atomic mass is 9.98. The standard InChI is InChI=1S/C28H35F3N4O4S/c1-19-5-11-24(12-6-19)40(38,39)35(25-14-23(28(29,30)31)10-7-20(25)2)18-26(36)34-13-3-4-22(17-34)16-33-27(37)32-15-21-8-9-21/h5-7,10-12,14,21-22H,3-4,8-9,13,15-18H2,1-2H3,(H2,32,33,37). The Balaban J connectivity index is 1.54. The number of nitrogens with one attached hydrogen (secondary N) is 2. The van der Waals surface area contributed by atoms with Crippen LogP contribution in [0.25, 0.3) is 0 Å². The summed E-state index contributed by atoms with van der Waals surface area (Å²) in [7, 11) is -4.38. The Kier molecular flexibility index (Phi) is 8.96. The van der Waals surface area contributed by atoms with Gasteiger partial charge in [0.2, 0.25) is 5.91 Å². The van der Waals surface area contributed by atoms with E-state index in [4.69, 9.17) is 0 Å². The number of rotatable bonds is 9. The fraction of sp³-hybridized carbons (Fsp3) is 0.500. The zero-order valence-electron chi connectivity index (χ0n) is 22.6. The van der Waals surface area contributed by atoms with Gasteiger partial charge in [-0.05, 0) is 81.2 Å². The second-order valence-corrected chi connectivity index (χ2v) is 12.6. The Bertz CT molecular complexity index is 1330. The number of carbonyl (C=O) groups is 2. The van der Waals surface area contributed by atoms with Crippen LogP contribution in [0.5, 0.6) is 0 Å². The second kappa shape index (κ2) is 12.1. The summed E-state index contributed by atoms with van der Waals surface area (Å²) in [5.41, 5.74) is -0.111. The van der Waals surface area contributed by atoms with Crippen LogP contribution >= 0.6 is 0 Å². The number of likely N-dealkylation sites (tertiary alicyclic amines) is 1. The van der Waals surface area contributed by atoms with E-state index in [1.54, 1.807) is 19.1 Å². The number of aryl methyl sites for hydroxylation is 2. The van der Waals surface area contributed by atoms with Crippen LogP contribution < -0.4 is 14.9 Å². The Morgan fingerprint density at radius 1 is 0.975 bits per heavy atom. The molecule has 1 saturated carbocycles. The molecule has 0 spiro atoms. The molecule has 1 unspecified atom stereocenters. The van der Waals surface area contributed by atoms with Crippen LogP contribution in [-0.2, 0) is 21.0 Å². The normalized spacial score (nSPS) is 17.8. The summed E-state index contributed by atoms with van der Waals surface area (Å²) in [4.78, 5) is 27.0. The molecule has 40 heavy (non-hydrogen) atoms. The first-order chi connectivity index (χ1) is 18.8. The lowest BCUT2D eigenvalue weighted by molar-refractivity contribution is -0.137. The molecule has 1 saturated heterocycles. The largest absolute Gasteiger partial charge is 0.416 e. The molecule has 2 aliphatic rings. The molecular formula is C28H35F3N4O4S. The molecule has 1 atom stereocenters. The summed E-state index contributed by atoms with van der Waals surface area (Å²) in [6.07, 6.45) is -1.00. The predicted molar refractivity (Wildman–Crippen MR) is 145 cm³/mol. The van der Waals surface area contributed by atoms with E-state index in [0.29, 0.717) is 38.5 Å². The maximum Gasteiger partial charge on any atom is 0.416 e. The van der Waals surface area contributed by atoms with E-state index in [2.05, 4.69) is 10.6 Å². The molecule has 218 valence electrons. The van der Waals surface area contributed by atoms with Gasteiger partial charge in [0, 0.05) is 26.2 Å². The molecule has 2 aromatic rings. The first-order valence-electron chi connectivity index (χ1n) is 13.4. The lowest BCUT2D eigenvalue weighted by Gasteiger charge is -2.35. The van der Waals surface area contributed by atoms with Crippen molar-refractivity contribution in [2.45, 2.75) is 50.6 Å². The molecule has 2 fully saturated rings. The molecule has 0 bridgehead atoms. The minimum Gasteiger partial charge on any atom is -0.341 e. The van der Waals surface area contributed by atoms with E-state index in [0.717, 1.165) is 41.3 Å². The highest BCUT2D eigenvalue weighted by atomic mass is 32.2. The van der Waals surface area contributed by atoms with Crippen molar-refractivity contribution < 1.29 is 31.2 Å². The number of carbonyl (C=O) groups excluding carboxylic acids is 2. The molecule has 12 heteroatoms. The highest BCUT2D eigenvalue weighted by Gasteiger charge is 2.35. The van der Waals surface area contributed by atoms with Gasteiger partial charge in [-0.25, -0.2) is 13.2 Å². The Morgan fingerprint density at radius 3 is 2.25 bits per heavy atom. The Labute approximate surface area is 233 Å². The van der Waals surface area contributed by atoms with Crippen molar-refractivity contribution in [3.8, 4) is 0 Å². The molecule has 3 amide bonds. The van der Waals surface area contributed by atoms with E-state index in [1.165, 1.54) is 30.0 Å². The van der Waals surface area contributed by atoms with E-state index in [9.17, 15) is 31.2 Å². The molecule has 2 N–H and O–H groups in total. The van der Waals surface area contributed by atoms with Crippen LogP contribution in [0, 0.1) is 25.7 Å². The lowest BCUT2D eigenvalue weighted by Crippen LogP contribution is -2.49. The van der Waals surface area contributed by atoms with Crippen molar-refractivity contribution in [3.05, 3.63) is 59.2 Å². The van der Waals surface area contributed by atoms with Crippen LogP contribution in [-0.4, -0.2) is 58.0 Å². The summed E-state index contributed by atoms with van der Waals surface area (Å²) in [6.45, 7) is 4.34. The maximum absolute atomic E-state index is 13.8. The topological polar surface area (TPSA) is 98.8 Å². The van der Waals surface area contributed by atoms with E-state index < -0.39 is 34.2 Å². The van der Waals surface area contributed by atoms with Crippen LogP contribution in [0.1, 0.15) is 42.4 Å². The van der Waals surface area contributed by atoms with E-state index in [-0.39, 0.29) is 28.1 Å². The van der Waals surface area contributed by atoms with Gasteiger partial charge in [-0.2, -0.15) is 13.2 Å². The molecule has 2 aromatic carbocycles. The smallest absolute Gasteiger partial charge is 0.341 e. The fourth-order valence-corrected chi connectivity index (χ4v) is 6.20. The number of alkyl halides is 3. The first kappa shape index (κ1) is 29.7. The average Bonchev–Trinajstić information content (AvgIpc) is 3.74. The fourth-order valence-electron chi connectivity index (χ4n) is 4.73. The number of halogens is 3. The maximum atomic E-state index is 13.8. The molecule has 1 aliphatic heterocycles. The Morgan fingerprint density at radius 2 is 1.62 bits per heavy atom. The van der Waals surface area contributed by atoms with Crippen molar-refractivity contribution in [2.75, 3.05) is 37.0 Å². The average molecular weight is 581 g/mol. The number of hydrogen-bond acceptors (Lipinski definition) is 4. The third kappa shape index (κ3) is 7.47. The number of sulfonamides is 1. The van der Waals surface area contributed by atoms with E-state index >= 15 is 0 Å². The molecule has 0 aromatic heterocycles. The van der Waals surface area contributed by atoms with Gasteiger partial charge in [-0.3, -0.25) is 9.10 Å². The van der Waals surface area contributed by atoms with Crippen LogP contribution in [0.2, 0.25) is 0 Å². The summed E-state index contributed by atoms with van der Waals surface area (Å²) in [6, 6.07) is 8.55. The van der Waals surface area contributed by atoms with Crippen LogP contribution in [0.4, 0.5) is 23.7 Å². The van der Waals surface area contributed by atoms with Gasteiger partial charge in [0.15, 0.2) is 0 Å². The van der Waals surface area contributed by atoms with Gasteiger partial charge in [0.1, 0.15) is 6.54 Å². The molecule has 4 rings (SSSR count). The minimum atomic E-state index is -4.69. The molecule has 1 heterocycles. The third-order valence-electron chi connectivity index (χ3n) is 7.36. The molecule has 8 nitrogen and oxygen atoms in total. The van der Waals surface area contributed by atoms with Crippen molar-refractivity contribution in [3.63, 3.8) is 0 Å². The van der Waals surface area contributed by atoms with E-state index in [1.807, 2.05) is 0 Å². The second-order valence-electron chi connectivity index (χ2n) is 10.7. The quantitative estimate of drug-likeness (QED) is 0.458. The van der Waals surface area contributed by atoms with Crippen molar-refractivity contribution >= 4 is 27.6 Å². The number of nitrogens with zero attached hydrogens (tertiary/aromatic N) is 2.